The molecule has 5 heteroatoms. The molecule has 0 aliphatic heterocycles. The fourth-order valence-corrected chi connectivity index (χ4v) is 2.74. The van der Waals surface area contributed by atoms with Crippen molar-refractivity contribution in [3.8, 4) is 0 Å². The third kappa shape index (κ3) is 2.66. The molecule has 2 fully saturated rings. The highest BCUT2D eigenvalue weighted by atomic mass is 16.4. The van der Waals surface area contributed by atoms with Gasteiger partial charge in [0.2, 0.25) is 5.91 Å². The van der Waals surface area contributed by atoms with Gasteiger partial charge >= 0.3 is 5.97 Å². The van der Waals surface area contributed by atoms with E-state index in [9.17, 15) is 9.59 Å². The molecule has 2 aliphatic carbocycles. The average molecular weight is 254 g/mol. The summed E-state index contributed by atoms with van der Waals surface area (Å²) in [6.45, 7) is 2.21. The summed E-state index contributed by atoms with van der Waals surface area (Å²) < 4.78 is 0. The van der Waals surface area contributed by atoms with Crippen molar-refractivity contribution >= 4 is 11.9 Å². The molecular weight excluding hydrogens is 232 g/mol. The summed E-state index contributed by atoms with van der Waals surface area (Å²) in [5, 5.41) is 11.8. The Bertz CT molecular complexity index is 357. The minimum Gasteiger partial charge on any atom is -0.481 e. The van der Waals surface area contributed by atoms with E-state index < -0.39 is 11.5 Å². The summed E-state index contributed by atoms with van der Waals surface area (Å²) in [5.74, 6) is -0.641. The van der Waals surface area contributed by atoms with E-state index in [1.165, 1.54) is 0 Å². The maximum absolute atomic E-state index is 12.0. The molecule has 18 heavy (non-hydrogen) atoms. The Morgan fingerprint density at radius 3 is 2.44 bits per heavy atom. The molecular formula is C13H22N2O3. The maximum atomic E-state index is 12.0. The predicted octanol–water partition coefficient (Wildman–Crippen LogP) is 0.875. The molecule has 0 bridgehead atoms. The van der Waals surface area contributed by atoms with Gasteiger partial charge in [-0.1, -0.05) is 6.42 Å². The zero-order valence-corrected chi connectivity index (χ0v) is 10.9. The van der Waals surface area contributed by atoms with Crippen LogP contribution in [0.1, 0.15) is 45.4 Å². The lowest BCUT2D eigenvalue weighted by molar-refractivity contribution is -0.142. The quantitative estimate of drug-likeness (QED) is 0.656. The summed E-state index contributed by atoms with van der Waals surface area (Å²) in [6.07, 6.45) is 4.97. The lowest BCUT2D eigenvalue weighted by atomic mass is 9.66. The molecule has 0 radical (unpaired) electrons. The second-order valence-electron chi connectivity index (χ2n) is 6.16. The van der Waals surface area contributed by atoms with Crippen molar-refractivity contribution < 1.29 is 14.7 Å². The van der Waals surface area contributed by atoms with Gasteiger partial charge in [0.15, 0.2) is 0 Å². The van der Waals surface area contributed by atoms with Crippen molar-refractivity contribution in [1.29, 1.82) is 0 Å². The first-order valence-electron chi connectivity index (χ1n) is 6.65. The zero-order chi connectivity index (χ0) is 13.4. The zero-order valence-electron chi connectivity index (χ0n) is 10.9. The fraction of sp³-hybridized carbons (Fsp3) is 0.846. The number of carboxylic acids is 1. The van der Waals surface area contributed by atoms with Crippen molar-refractivity contribution in [2.75, 3.05) is 6.54 Å². The Morgan fingerprint density at radius 1 is 1.44 bits per heavy atom. The van der Waals surface area contributed by atoms with E-state index >= 15 is 0 Å². The Balaban J connectivity index is 1.86. The molecule has 0 aromatic rings. The van der Waals surface area contributed by atoms with E-state index in [-0.39, 0.29) is 23.7 Å². The molecule has 1 unspecified atom stereocenters. The lowest BCUT2D eigenvalue weighted by Crippen LogP contribution is -2.56. The highest BCUT2D eigenvalue weighted by molar-refractivity contribution is 5.86. The van der Waals surface area contributed by atoms with Gasteiger partial charge in [-0.15, -0.1) is 0 Å². The van der Waals surface area contributed by atoms with Gasteiger partial charge in [-0.2, -0.15) is 0 Å². The van der Waals surface area contributed by atoms with E-state index in [0.29, 0.717) is 6.54 Å². The number of nitrogens with two attached hydrogens (primary N) is 1. The van der Waals surface area contributed by atoms with E-state index in [2.05, 4.69) is 5.32 Å². The molecule has 2 aliphatic rings. The number of nitrogens with one attached hydrogen (secondary N) is 1. The molecule has 2 rings (SSSR count). The highest BCUT2D eigenvalue weighted by Gasteiger charge is 2.45. The van der Waals surface area contributed by atoms with Crippen LogP contribution < -0.4 is 11.1 Å². The summed E-state index contributed by atoms with van der Waals surface area (Å²) in [6, 6.07) is 0. The molecule has 1 atom stereocenters. The number of carbonyl (C=O) groups excluding carboxylic acids is 1. The molecule has 5 nitrogen and oxygen atoms in total. The normalized spacial score (nSPS) is 24.8. The molecule has 1 amide bonds. The van der Waals surface area contributed by atoms with Gasteiger partial charge in [-0.25, -0.2) is 0 Å². The van der Waals surface area contributed by atoms with Gasteiger partial charge in [0.1, 0.15) is 0 Å². The molecule has 0 aromatic heterocycles. The van der Waals surface area contributed by atoms with E-state index in [1.54, 1.807) is 6.92 Å². The first kappa shape index (κ1) is 13.3. The standard InChI is InChI=1S/C13H22N2O3/c1-12(14,9-3-4-9)11(18)15-8-13(5-2-6-13)7-10(16)17/h9H,2-8,14H2,1H3,(H,15,18)(H,16,17). The van der Waals surface area contributed by atoms with Crippen LogP contribution in [0.2, 0.25) is 0 Å². The van der Waals surface area contributed by atoms with Gasteiger partial charge in [-0.05, 0) is 43.9 Å². The third-order valence-electron chi connectivity index (χ3n) is 4.48. The van der Waals surface area contributed by atoms with Crippen LogP contribution in [-0.4, -0.2) is 29.1 Å². The molecule has 0 aromatic carbocycles. The molecule has 0 saturated heterocycles. The molecule has 4 N–H and O–H groups in total. The summed E-state index contributed by atoms with van der Waals surface area (Å²) in [4.78, 5) is 22.9. The number of carboxylic acid groups (broad SMARTS) is 1. The summed E-state index contributed by atoms with van der Waals surface area (Å²) in [7, 11) is 0. The topological polar surface area (TPSA) is 92.4 Å². The van der Waals surface area contributed by atoms with E-state index in [0.717, 1.165) is 32.1 Å². The van der Waals surface area contributed by atoms with E-state index in [4.69, 9.17) is 10.8 Å². The largest absolute Gasteiger partial charge is 0.481 e. The molecule has 102 valence electrons. The van der Waals surface area contributed by atoms with Crippen LogP contribution in [0.25, 0.3) is 0 Å². The second kappa shape index (κ2) is 4.53. The Hall–Kier alpha value is -1.10. The predicted molar refractivity (Wildman–Crippen MR) is 66.9 cm³/mol. The van der Waals surface area contributed by atoms with Gasteiger partial charge in [-0.3, -0.25) is 9.59 Å². The van der Waals surface area contributed by atoms with Crippen LogP contribution in [0, 0.1) is 11.3 Å². The van der Waals surface area contributed by atoms with Gasteiger partial charge in [0, 0.05) is 6.54 Å². The monoisotopic (exact) mass is 254 g/mol. The summed E-state index contributed by atoms with van der Waals surface area (Å²) >= 11 is 0. The fourth-order valence-electron chi connectivity index (χ4n) is 2.74. The third-order valence-corrected chi connectivity index (χ3v) is 4.48. The molecule has 0 heterocycles. The highest BCUT2D eigenvalue weighted by Crippen LogP contribution is 2.44. The number of carbonyl (C=O) groups is 2. The van der Waals surface area contributed by atoms with Crippen molar-refractivity contribution in [3.05, 3.63) is 0 Å². The average Bonchev–Trinajstić information content (AvgIpc) is 3.04. The number of amides is 1. The van der Waals surface area contributed by atoms with Gasteiger partial charge < -0.3 is 16.2 Å². The SMILES string of the molecule is CC(N)(C(=O)NCC1(CC(=O)O)CCC1)C1CC1. The molecule has 2 saturated carbocycles. The second-order valence-corrected chi connectivity index (χ2v) is 6.16. The van der Waals surface area contributed by atoms with E-state index in [1.807, 2.05) is 0 Å². The first-order valence-corrected chi connectivity index (χ1v) is 6.65. The number of hydrogen-bond donors (Lipinski definition) is 3. The Morgan fingerprint density at radius 2 is 2.06 bits per heavy atom. The van der Waals surface area contributed by atoms with Gasteiger partial charge in [0.25, 0.3) is 0 Å². The lowest BCUT2D eigenvalue weighted by Gasteiger charge is -2.41. The van der Waals surface area contributed by atoms with Crippen LogP contribution in [-0.2, 0) is 9.59 Å². The van der Waals surface area contributed by atoms with Crippen molar-refractivity contribution in [1.82, 2.24) is 5.32 Å². The Labute approximate surface area is 107 Å². The van der Waals surface area contributed by atoms with Crippen LogP contribution in [0.5, 0.6) is 0 Å². The van der Waals surface area contributed by atoms with Gasteiger partial charge in [0.05, 0.1) is 12.0 Å². The first-order chi connectivity index (χ1) is 8.36. The minimum atomic E-state index is -0.797. The number of hydrogen-bond acceptors (Lipinski definition) is 3. The van der Waals surface area contributed by atoms with Crippen LogP contribution >= 0.6 is 0 Å². The van der Waals surface area contributed by atoms with Crippen LogP contribution in [0.4, 0.5) is 0 Å². The smallest absolute Gasteiger partial charge is 0.303 e. The number of aliphatic carboxylic acids is 1. The van der Waals surface area contributed by atoms with Crippen molar-refractivity contribution in [3.63, 3.8) is 0 Å². The Kier molecular flexibility index (Phi) is 3.36. The van der Waals surface area contributed by atoms with Crippen molar-refractivity contribution in [2.45, 2.75) is 51.0 Å². The van der Waals surface area contributed by atoms with Crippen LogP contribution in [0.15, 0.2) is 0 Å². The number of rotatable bonds is 6. The van der Waals surface area contributed by atoms with Crippen molar-refractivity contribution in [2.24, 2.45) is 17.1 Å². The summed E-state index contributed by atoms with van der Waals surface area (Å²) in [5.41, 5.74) is 4.99. The minimum absolute atomic E-state index is 0.137. The molecule has 0 spiro atoms. The maximum Gasteiger partial charge on any atom is 0.303 e. The van der Waals surface area contributed by atoms with Crippen LogP contribution in [0.3, 0.4) is 0 Å².